The van der Waals surface area contributed by atoms with Gasteiger partial charge in [0, 0.05) is 22.9 Å². The number of benzene rings is 3. The molecular weight excluding hydrogens is 572 g/mol. The monoisotopic (exact) mass is 602 g/mol. The maximum absolute atomic E-state index is 13.2. The zero-order valence-electron chi connectivity index (χ0n) is 22.5. The molecule has 3 aromatic carbocycles. The molecule has 1 heterocycles. The summed E-state index contributed by atoms with van der Waals surface area (Å²) in [6.45, 7) is 6.30. The molecule has 0 spiro atoms. The average molecular weight is 604 g/mol. The van der Waals surface area contributed by atoms with Crippen molar-refractivity contribution in [2.45, 2.75) is 44.0 Å². The lowest BCUT2D eigenvalue weighted by Crippen LogP contribution is -2.40. The van der Waals surface area contributed by atoms with Crippen LogP contribution < -0.4 is 15.4 Å². The van der Waals surface area contributed by atoms with Crippen LogP contribution in [0.1, 0.15) is 47.7 Å². The number of anilines is 2. The molecule has 8 heteroatoms. The van der Waals surface area contributed by atoms with E-state index in [0.29, 0.717) is 28.6 Å². The molecular formula is C32H31BrN2O5. The number of alkyl halides is 1. The van der Waals surface area contributed by atoms with E-state index >= 15 is 0 Å². The molecule has 6 atom stereocenters. The molecule has 2 amide bonds. The minimum atomic E-state index is -0.435. The molecule has 2 N–H and O–H groups in total. The van der Waals surface area contributed by atoms with Gasteiger partial charge in [-0.2, -0.15) is 0 Å². The number of nitrogens with one attached hydrogen (secondary N) is 2. The first-order valence-corrected chi connectivity index (χ1v) is 14.6. The SMILES string of the molecule is Cc1ccc(C(C)C)c(Oc2ccc(NC(=O)c3cccc(NC(=O)[C@@H]4[C@H]5C[C@H]6[C@H](OC(=O)[C@H]64)[C@@H]5Br)c3)cc2)c1. The number of amides is 2. The Morgan fingerprint density at radius 2 is 1.75 bits per heavy atom. The van der Waals surface area contributed by atoms with Crippen molar-refractivity contribution in [3.8, 4) is 11.5 Å². The zero-order valence-corrected chi connectivity index (χ0v) is 24.1. The van der Waals surface area contributed by atoms with Gasteiger partial charge in [-0.15, -0.1) is 0 Å². The Kier molecular flexibility index (Phi) is 6.90. The summed E-state index contributed by atoms with van der Waals surface area (Å²) in [7, 11) is 0. The summed E-state index contributed by atoms with van der Waals surface area (Å²) < 4.78 is 11.7. The van der Waals surface area contributed by atoms with Crippen molar-refractivity contribution < 1.29 is 23.9 Å². The predicted molar refractivity (Wildman–Crippen MR) is 156 cm³/mol. The first-order chi connectivity index (χ1) is 19.2. The van der Waals surface area contributed by atoms with Gasteiger partial charge in [0.25, 0.3) is 5.91 Å². The Hall–Kier alpha value is -3.65. The van der Waals surface area contributed by atoms with E-state index in [2.05, 4.69) is 52.5 Å². The van der Waals surface area contributed by atoms with Crippen LogP contribution in [0.5, 0.6) is 11.5 Å². The molecule has 0 radical (unpaired) electrons. The van der Waals surface area contributed by atoms with E-state index in [0.717, 1.165) is 23.3 Å². The van der Waals surface area contributed by atoms with E-state index in [9.17, 15) is 14.4 Å². The van der Waals surface area contributed by atoms with E-state index in [1.165, 1.54) is 0 Å². The van der Waals surface area contributed by atoms with Gasteiger partial charge in [0.2, 0.25) is 5.91 Å². The molecule has 6 rings (SSSR count). The number of esters is 1. The average Bonchev–Trinajstić information content (AvgIpc) is 3.54. The molecule has 2 bridgehead atoms. The molecule has 7 nitrogen and oxygen atoms in total. The maximum atomic E-state index is 13.2. The van der Waals surface area contributed by atoms with Crippen molar-refractivity contribution in [2.75, 3.05) is 10.6 Å². The summed E-state index contributed by atoms with van der Waals surface area (Å²) in [5, 5.41) is 5.84. The van der Waals surface area contributed by atoms with Crippen molar-refractivity contribution in [2.24, 2.45) is 23.7 Å². The molecule has 206 valence electrons. The number of aryl methyl sites for hydroxylation is 1. The van der Waals surface area contributed by atoms with Gasteiger partial charge in [-0.3, -0.25) is 14.4 Å². The first-order valence-electron chi connectivity index (χ1n) is 13.6. The van der Waals surface area contributed by atoms with Crippen LogP contribution in [0.15, 0.2) is 66.7 Å². The predicted octanol–water partition coefficient (Wildman–Crippen LogP) is 6.67. The fourth-order valence-electron chi connectivity index (χ4n) is 6.44. The second-order valence-corrected chi connectivity index (χ2v) is 12.4. The highest BCUT2D eigenvalue weighted by molar-refractivity contribution is 9.09. The number of carbonyl (C=O) groups excluding carboxylic acids is 3. The minimum Gasteiger partial charge on any atom is -0.461 e. The summed E-state index contributed by atoms with van der Waals surface area (Å²) in [5.41, 5.74) is 3.80. The molecule has 1 aliphatic heterocycles. The highest BCUT2D eigenvalue weighted by Gasteiger charge is 2.67. The third-order valence-corrected chi connectivity index (χ3v) is 9.55. The Bertz CT molecular complexity index is 1490. The number of hydrogen-bond donors (Lipinski definition) is 2. The fourth-order valence-corrected chi connectivity index (χ4v) is 7.48. The van der Waals surface area contributed by atoms with Crippen LogP contribution in [0, 0.1) is 30.6 Å². The molecule has 0 unspecified atom stereocenters. The van der Waals surface area contributed by atoms with Crippen LogP contribution in [-0.2, 0) is 14.3 Å². The normalized spacial score (nSPS) is 26.1. The van der Waals surface area contributed by atoms with Gasteiger partial charge in [-0.05, 0) is 84.8 Å². The number of halogens is 1. The fraction of sp³-hybridized carbons (Fsp3) is 0.344. The Labute approximate surface area is 241 Å². The van der Waals surface area contributed by atoms with Crippen LogP contribution >= 0.6 is 15.9 Å². The summed E-state index contributed by atoms with van der Waals surface area (Å²) in [5.74, 6) is 0.397. The molecule has 3 fully saturated rings. The summed E-state index contributed by atoms with van der Waals surface area (Å²) >= 11 is 3.65. The van der Waals surface area contributed by atoms with Crippen LogP contribution in [0.25, 0.3) is 0 Å². The largest absolute Gasteiger partial charge is 0.461 e. The van der Waals surface area contributed by atoms with E-state index in [1.807, 2.05) is 25.1 Å². The molecule has 40 heavy (non-hydrogen) atoms. The van der Waals surface area contributed by atoms with E-state index < -0.39 is 5.92 Å². The molecule has 3 aliphatic rings. The molecule has 0 aromatic heterocycles. The van der Waals surface area contributed by atoms with Gasteiger partial charge in [-0.1, -0.05) is 48.0 Å². The Morgan fingerprint density at radius 3 is 2.50 bits per heavy atom. The van der Waals surface area contributed by atoms with Crippen molar-refractivity contribution in [3.05, 3.63) is 83.4 Å². The number of hydrogen-bond acceptors (Lipinski definition) is 5. The number of carbonyl (C=O) groups is 3. The molecule has 3 aromatic rings. The van der Waals surface area contributed by atoms with Crippen LogP contribution in [0.2, 0.25) is 0 Å². The standard InChI is InChI=1S/C32H31BrN2O5/c1-16(2)22-12-7-17(3)13-25(22)39-21-10-8-19(9-11-21)34-30(36)18-5-4-6-20(14-18)35-31(37)26-23-15-24-27(26)32(38)40-29(24)28(23)33/h4-14,16,23-24,26-29H,15H2,1-3H3,(H,34,36)(H,35,37)/t23-,24-,26-,27-,28-,29+/m1/s1. The lowest BCUT2D eigenvalue weighted by molar-refractivity contribution is -0.145. The topological polar surface area (TPSA) is 93.7 Å². The van der Waals surface area contributed by atoms with Crippen LogP contribution in [0.4, 0.5) is 11.4 Å². The lowest BCUT2D eigenvalue weighted by atomic mass is 9.79. The van der Waals surface area contributed by atoms with Gasteiger partial charge in [0.1, 0.15) is 17.6 Å². The van der Waals surface area contributed by atoms with Gasteiger partial charge < -0.3 is 20.1 Å². The van der Waals surface area contributed by atoms with Crippen molar-refractivity contribution in [1.29, 1.82) is 0 Å². The third kappa shape index (κ3) is 4.79. The van der Waals surface area contributed by atoms with E-state index in [4.69, 9.17) is 9.47 Å². The number of fused-ring (bicyclic) bond motifs is 1. The van der Waals surface area contributed by atoms with Gasteiger partial charge in [0.05, 0.1) is 16.7 Å². The minimum absolute atomic E-state index is 0.00100. The summed E-state index contributed by atoms with van der Waals surface area (Å²) in [6, 6.07) is 20.2. The van der Waals surface area contributed by atoms with E-state index in [-0.39, 0.29) is 46.5 Å². The first kappa shape index (κ1) is 26.6. The smallest absolute Gasteiger partial charge is 0.310 e. The Balaban J connectivity index is 1.10. The summed E-state index contributed by atoms with van der Waals surface area (Å²) in [4.78, 5) is 38.7. The highest BCUT2D eigenvalue weighted by Crippen LogP contribution is 2.60. The van der Waals surface area contributed by atoms with Crippen molar-refractivity contribution in [3.63, 3.8) is 0 Å². The lowest BCUT2D eigenvalue weighted by Gasteiger charge is -2.27. The van der Waals surface area contributed by atoms with E-state index in [1.54, 1.807) is 36.4 Å². The quantitative estimate of drug-likeness (QED) is 0.232. The van der Waals surface area contributed by atoms with Gasteiger partial charge in [0.15, 0.2) is 0 Å². The number of ether oxygens (including phenoxy) is 2. The summed E-state index contributed by atoms with van der Waals surface area (Å²) in [6.07, 6.45) is 0.685. The second kappa shape index (κ2) is 10.4. The second-order valence-electron chi connectivity index (χ2n) is 11.3. The van der Waals surface area contributed by atoms with Crippen LogP contribution in [0.3, 0.4) is 0 Å². The molecule has 2 saturated carbocycles. The number of rotatable bonds is 7. The van der Waals surface area contributed by atoms with Crippen molar-refractivity contribution in [1.82, 2.24) is 0 Å². The highest BCUT2D eigenvalue weighted by atomic mass is 79.9. The Morgan fingerprint density at radius 1 is 0.975 bits per heavy atom. The van der Waals surface area contributed by atoms with Crippen LogP contribution in [-0.4, -0.2) is 28.7 Å². The zero-order chi connectivity index (χ0) is 28.1. The van der Waals surface area contributed by atoms with Crippen molar-refractivity contribution >= 4 is 45.1 Å². The van der Waals surface area contributed by atoms with Gasteiger partial charge in [-0.25, -0.2) is 0 Å². The third-order valence-electron chi connectivity index (χ3n) is 8.35. The molecule has 1 saturated heterocycles. The van der Waals surface area contributed by atoms with Gasteiger partial charge >= 0.3 is 5.97 Å². The molecule has 2 aliphatic carbocycles. The maximum Gasteiger partial charge on any atom is 0.310 e.